The Labute approximate surface area is 81.6 Å². The van der Waals surface area contributed by atoms with E-state index >= 15 is 0 Å². The average Bonchev–Trinajstić information content (AvgIpc) is 1.12. The monoisotopic (exact) mass is 216 g/mol. The summed E-state index contributed by atoms with van der Waals surface area (Å²) in [5.41, 5.74) is 0. The molecule has 0 aromatic heterocycles. The SMILES string of the molecule is CS(=O)(=O)O.CS(=O)(=O)O.[Mg]. The topological polar surface area (TPSA) is 109 Å². The number of rotatable bonds is 0. The molecular formula is C2H8MgO6S2. The summed E-state index contributed by atoms with van der Waals surface area (Å²) in [5.74, 6) is 0. The van der Waals surface area contributed by atoms with Crippen molar-refractivity contribution in [1.29, 1.82) is 0 Å². The molecule has 0 fully saturated rings. The molecule has 0 aromatic rings. The minimum Gasteiger partial charge on any atom is -0.286 e. The molecule has 0 heterocycles. The van der Waals surface area contributed by atoms with E-state index in [0.29, 0.717) is 12.5 Å². The maximum absolute atomic E-state index is 9.19. The van der Waals surface area contributed by atoms with Gasteiger partial charge in [0.25, 0.3) is 20.2 Å². The Morgan fingerprint density at radius 2 is 0.818 bits per heavy atom. The lowest BCUT2D eigenvalue weighted by molar-refractivity contribution is 0.488. The second kappa shape index (κ2) is 6.14. The normalized spacial score (nSPS) is 10.5. The molecule has 0 saturated carbocycles. The summed E-state index contributed by atoms with van der Waals surface area (Å²) in [7, 11) is -7.33. The molecule has 0 spiro atoms. The fourth-order valence-corrected chi connectivity index (χ4v) is 0. The van der Waals surface area contributed by atoms with Crippen LogP contribution in [0.15, 0.2) is 0 Å². The van der Waals surface area contributed by atoms with Gasteiger partial charge < -0.3 is 0 Å². The van der Waals surface area contributed by atoms with Crippen LogP contribution < -0.4 is 0 Å². The molecule has 11 heavy (non-hydrogen) atoms. The van der Waals surface area contributed by atoms with Crippen molar-refractivity contribution < 1.29 is 25.9 Å². The van der Waals surface area contributed by atoms with Gasteiger partial charge >= 0.3 is 0 Å². The molecule has 2 radical (unpaired) electrons. The Bertz CT molecular complexity index is 215. The molecule has 0 aliphatic heterocycles. The molecule has 0 aliphatic carbocycles. The largest absolute Gasteiger partial charge is 0.286 e. The first kappa shape index (κ1) is 17.6. The standard InChI is InChI=1S/2CH4O3S.Mg/c2*1-5(2,3)4;/h2*1H3,(H,2,3,4);. The van der Waals surface area contributed by atoms with Crippen LogP contribution in [0.2, 0.25) is 0 Å². The quantitative estimate of drug-likeness (QED) is 0.382. The van der Waals surface area contributed by atoms with Crippen LogP contribution in [0.25, 0.3) is 0 Å². The van der Waals surface area contributed by atoms with Gasteiger partial charge in [-0.15, -0.1) is 0 Å². The maximum Gasteiger partial charge on any atom is 0.261 e. The van der Waals surface area contributed by atoms with Crippen LogP contribution in [0.4, 0.5) is 0 Å². The summed E-state index contributed by atoms with van der Waals surface area (Å²) in [6.45, 7) is 0. The smallest absolute Gasteiger partial charge is 0.261 e. The third-order valence-corrected chi connectivity index (χ3v) is 0. The van der Waals surface area contributed by atoms with E-state index in [9.17, 15) is 16.8 Å². The summed E-state index contributed by atoms with van der Waals surface area (Å²) >= 11 is 0. The summed E-state index contributed by atoms with van der Waals surface area (Å²) < 4.78 is 51.7. The summed E-state index contributed by atoms with van der Waals surface area (Å²) in [6, 6.07) is 0. The van der Waals surface area contributed by atoms with Crippen molar-refractivity contribution in [3.63, 3.8) is 0 Å². The van der Waals surface area contributed by atoms with E-state index in [1.807, 2.05) is 0 Å². The van der Waals surface area contributed by atoms with E-state index in [1.165, 1.54) is 0 Å². The van der Waals surface area contributed by atoms with Gasteiger partial charge in [-0.05, 0) is 0 Å². The van der Waals surface area contributed by atoms with Crippen molar-refractivity contribution in [1.82, 2.24) is 0 Å². The Kier molecular flexibility index (Phi) is 9.83. The Balaban J connectivity index is -0.000000107. The van der Waals surface area contributed by atoms with Gasteiger partial charge in [0.05, 0.1) is 12.5 Å². The molecule has 0 saturated heterocycles. The van der Waals surface area contributed by atoms with Crippen LogP contribution in [-0.4, -0.2) is 61.5 Å². The van der Waals surface area contributed by atoms with Crippen molar-refractivity contribution in [2.45, 2.75) is 0 Å². The zero-order valence-corrected chi connectivity index (χ0v) is 9.10. The van der Waals surface area contributed by atoms with Crippen molar-refractivity contribution in [2.24, 2.45) is 0 Å². The minimum absolute atomic E-state index is 0. The fourth-order valence-electron chi connectivity index (χ4n) is 0. The minimum atomic E-state index is -3.67. The molecule has 0 rings (SSSR count). The lowest BCUT2D eigenvalue weighted by Gasteiger charge is -1.69. The van der Waals surface area contributed by atoms with Crippen molar-refractivity contribution in [3.8, 4) is 0 Å². The summed E-state index contributed by atoms with van der Waals surface area (Å²) in [6.07, 6.45) is 1.43. The predicted octanol–water partition coefficient (Wildman–Crippen LogP) is -1.37. The third kappa shape index (κ3) is 2270. The van der Waals surface area contributed by atoms with E-state index in [2.05, 4.69) is 0 Å². The highest BCUT2D eigenvalue weighted by Crippen LogP contribution is 1.60. The molecule has 0 aliphatic rings. The van der Waals surface area contributed by atoms with Gasteiger partial charge in [-0.2, -0.15) is 16.8 Å². The lowest BCUT2D eigenvalue weighted by atomic mass is 12.0. The van der Waals surface area contributed by atoms with Crippen LogP contribution in [0, 0.1) is 0 Å². The molecule has 2 N–H and O–H groups in total. The first-order valence-corrected chi connectivity index (χ1v) is 5.54. The van der Waals surface area contributed by atoms with Crippen LogP contribution in [0.1, 0.15) is 0 Å². The highest BCUT2D eigenvalue weighted by molar-refractivity contribution is 7.85. The van der Waals surface area contributed by atoms with Gasteiger partial charge in [0.15, 0.2) is 0 Å². The van der Waals surface area contributed by atoms with E-state index in [4.69, 9.17) is 9.11 Å². The van der Waals surface area contributed by atoms with Gasteiger partial charge in [-0.1, -0.05) is 0 Å². The molecule has 0 bridgehead atoms. The van der Waals surface area contributed by atoms with Crippen molar-refractivity contribution >= 4 is 43.3 Å². The van der Waals surface area contributed by atoms with Gasteiger partial charge in [0.1, 0.15) is 0 Å². The fraction of sp³-hybridized carbons (Fsp3) is 1.00. The van der Waals surface area contributed by atoms with E-state index in [-0.39, 0.29) is 23.1 Å². The van der Waals surface area contributed by atoms with Crippen molar-refractivity contribution in [3.05, 3.63) is 0 Å². The van der Waals surface area contributed by atoms with E-state index in [1.54, 1.807) is 0 Å². The highest BCUT2D eigenvalue weighted by Gasteiger charge is 1.81. The molecule has 0 aromatic carbocycles. The zero-order valence-electron chi connectivity index (χ0n) is 6.05. The zero-order chi connectivity index (χ0) is 9.00. The van der Waals surface area contributed by atoms with Crippen LogP contribution in [0.5, 0.6) is 0 Å². The van der Waals surface area contributed by atoms with E-state index in [0.717, 1.165) is 0 Å². The van der Waals surface area contributed by atoms with Gasteiger partial charge in [0, 0.05) is 23.1 Å². The van der Waals surface area contributed by atoms with Gasteiger partial charge in [-0.25, -0.2) is 0 Å². The molecule has 0 unspecified atom stereocenters. The molecule has 66 valence electrons. The molecule has 9 heteroatoms. The Morgan fingerprint density at radius 3 is 0.818 bits per heavy atom. The predicted molar refractivity (Wildman–Crippen MR) is 40.7 cm³/mol. The van der Waals surface area contributed by atoms with Crippen molar-refractivity contribution in [2.75, 3.05) is 12.5 Å². The summed E-state index contributed by atoms with van der Waals surface area (Å²) in [5, 5.41) is 0. The highest BCUT2D eigenvalue weighted by atomic mass is 32.2. The number of hydrogen-bond donors (Lipinski definition) is 2. The summed E-state index contributed by atoms with van der Waals surface area (Å²) in [4.78, 5) is 0. The lowest BCUT2D eigenvalue weighted by Crippen LogP contribution is -1.88. The van der Waals surface area contributed by atoms with Crippen LogP contribution >= 0.6 is 0 Å². The first-order valence-electron chi connectivity index (χ1n) is 1.85. The van der Waals surface area contributed by atoms with E-state index < -0.39 is 20.2 Å². The average molecular weight is 217 g/mol. The Hall–Kier alpha value is 0.586. The maximum atomic E-state index is 9.19. The number of hydrogen-bond acceptors (Lipinski definition) is 4. The molecule has 6 nitrogen and oxygen atoms in total. The van der Waals surface area contributed by atoms with Gasteiger partial charge in [-0.3, -0.25) is 9.11 Å². The van der Waals surface area contributed by atoms with Gasteiger partial charge in [0.2, 0.25) is 0 Å². The van der Waals surface area contributed by atoms with Crippen LogP contribution in [0.3, 0.4) is 0 Å². The second-order valence-electron chi connectivity index (χ2n) is 1.47. The molecular weight excluding hydrogens is 208 g/mol. The first-order chi connectivity index (χ1) is 4.00. The third-order valence-electron chi connectivity index (χ3n) is 0. The molecule has 0 amide bonds. The molecule has 0 atom stereocenters. The second-order valence-corrected chi connectivity index (χ2v) is 4.40. The Morgan fingerprint density at radius 1 is 0.818 bits per heavy atom. The van der Waals surface area contributed by atoms with Crippen LogP contribution in [-0.2, 0) is 20.2 Å².